The van der Waals surface area contributed by atoms with Crippen LogP contribution >= 0.6 is 0 Å². The fraction of sp³-hybridized carbons (Fsp3) is 0.263. The van der Waals surface area contributed by atoms with Gasteiger partial charge in [0, 0.05) is 0 Å². The molecular formula is C38H40Si. The van der Waals surface area contributed by atoms with E-state index in [1.165, 1.54) is 68.1 Å². The summed E-state index contributed by atoms with van der Waals surface area (Å²) in [6.45, 7) is 9.57. The molecule has 0 unspecified atom stereocenters. The Bertz CT molecular complexity index is 1480. The average Bonchev–Trinajstić information content (AvgIpc) is 3.63. The highest BCUT2D eigenvalue weighted by Crippen LogP contribution is 2.46. The van der Waals surface area contributed by atoms with Gasteiger partial charge in [-0.3, -0.25) is 0 Å². The van der Waals surface area contributed by atoms with Gasteiger partial charge in [0.15, 0.2) is 0 Å². The lowest BCUT2D eigenvalue weighted by Crippen LogP contribution is -2.36. The molecule has 0 heterocycles. The number of hydrogen-bond donors (Lipinski definition) is 0. The van der Waals surface area contributed by atoms with Crippen LogP contribution in [0, 0.1) is 0 Å². The normalized spacial score (nSPS) is 14.2. The number of fused-ring (bicyclic) bond motifs is 2. The van der Waals surface area contributed by atoms with Gasteiger partial charge in [-0.2, -0.15) is 0 Å². The first-order valence-electron chi connectivity index (χ1n) is 14.9. The van der Waals surface area contributed by atoms with Gasteiger partial charge in [0.25, 0.3) is 0 Å². The topological polar surface area (TPSA) is 0 Å². The minimum Gasteiger partial charge on any atom is -0.0712 e. The third kappa shape index (κ3) is 4.47. The van der Waals surface area contributed by atoms with Gasteiger partial charge in [-0.1, -0.05) is 147 Å². The van der Waals surface area contributed by atoms with Crippen molar-refractivity contribution < 1.29 is 0 Å². The molecule has 0 N–H and O–H groups in total. The third-order valence-electron chi connectivity index (χ3n) is 9.34. The van der Waals surface area contributed by atoms with Gasteiger partial charge < -0.3 is 0 Å². The molecule has 1 heteroatoms. The summed E-state index contributed by atoms with van der Waals surface area (Å²) in [5.74, 6) is 0. The van der Waals surface area contributed by atoms with Crippen molar-refractivity contribution in [2.75, 3.05) is 0 Å². The van der Waals surface area contributed by atoms with Crippen molar-refractivity contribution in [1.29, 1.82) is 0 Å². The molecule has 0 aromatic heterocycles. The molecule has 4 aromatic rings. The molecule has 4 aromatic carbocycles. The number of allylic oxidation sites excluding steroid dienone is 2. The summed E-state index contributed by atoms with van der Waals surface area (Å²) in [4.78, 5) is 0. The van der Waals surface area contributed by atoms with Gasteiger partial charge >= 0.3 is 0 Å². The molecule has 2 aliphatic carbocycles. The van der Waals surface area contributed by atoms with E-state index in [4.69, 9.17) is 0 Å². The monoisotopic (exact) mass is 524 g/mol. The molecule has 6 rings (SSSR count). The van der Waals surface area contributed by atoms with Crippen molar-refractivity contribution in [3.8, 4) is 22.3 Å². The van der Waals surface area contributed by atoms with E-state index in [9.17, 15) is 0 Å². The van der Waals surface area contributed by atoms with Crippen LogP contribution in [0.25, 0.3) is 34.4 Å². The Labute approximate surface area is 236 Å². The molecule has 0 nitrogen and oxygen atoms in total. The van der Waals surface area contributed by atoms with Crippen molar-refractivity contribution in [2.24, 2.45) is 0 Å². The summed E-state index contributed by atoms with van der Waals surface area (Å²) in [6, 6.07) is 33.2. The number of aryl methyl sites for hydroxylation is 2. The van der Waals surface area contributed by atoms with E-state index in [1.54, 1.807) is 10.4 Å². The quantitative estimate of drug-likeness (QED) is 0.201. The van der Waals surface area contributed by atoms with Crippen LogP contribution in [0.5, 0.6) is 0 Å². The summed E-state index contributed by atoms with van der Waals surface area (Å²) in [6.07, 6.45) is 10.8. The second kappa shape index (κ2) is 10.6. The molecule has 39 heavy (non-hydrogen) atoms. The van der Waals surface area contributed by atoms with Crippen LogP contribution < -0.4 is 0 Å². The number of rotatable bonds is 8. The van der Waals surface area contributed by atoms with Crippen LogP contribution in [-0.2, 0) is 25.7 Å². The van der Waals surface area contributed by atoms with E-state index >= 15 is 0 Å². The second-order valence-electron chi connectivity index (χ2n) is 11.6. The Morgan fingerprint density at radius 2 is 0.974 bits per heavy atom. The highest BCUT2D eigenvalue weighted by molar-refractivity contribution is 6.93. The maximum atomic E-state index is 2.66. The van der Waals surface area contributed by atoms with Crippen LogP contribution in [-0.4, -0.2) is 8.07 Å². The van der Waals surface area contributed by atoms with Gasteiger partial charge in [0.2, 0.25) is 0 Å². The molecule has 0 radical (unpaired) electrons. The molecule has 196 valence electrons. The molecule has 0 saturated heterocycles. The van der Waals surface area contributed by atoms with Crippen molar-refractivity contribution in [3.05, 3.63) is 129 Å². The lowest BCUT2D eigenvalue weighted by atomic mass is 9.93. The van der Waals surface area contributed by atoms with E-state index < -0.39 is 8.07 Å². The van der Waals surface area contributed by atoms with Crippen LogP contribution in [0.2, 0.25) is 12.6 Å². The molecule has 2 aliphatic rings. The molecule has 0 amide bonds. The van der Waals surface area contributed by atoms with E-state index in [0.29, 0.717) is 0 Å². The Morgan fingerprint density at radius 3 is 1.41 bits per heavy atom. The van der Waals surface area contributed by atoms with Gasteiger partial charge in [-0.05, 0) is 81.3 Å². The van der Waals surface area contributed by atoms with Crippen LogP contribution in [0.3, 0.4) is 0 Å². The summed E-state index contributed by atoms with van der Waals surface area (Å²) >= 11 is 0. The van der Waals surface area contributed by atoms with Crippen molar-refractivity contribution in [2.45, 2.75) is 65.5 Å². The Balaban J connectivity index is 1.43. The lowest BCUT2D eigenvalue weighted by Gasteiger charge is -2.31. The van der Waals surface area contributed by atoms with Crippen molar-refractivity contribution in [3.63, 3.8) is 0 Å². The van der Waals surface area contributed by atoms with E-state index in [-0.39, 0.29) is 0 Å². The summed E-state index contributed by atoms with van der Waals surface area (Å²) in [5.41, 5.74) is 14.5. The summed E-state index contributed by atoms with van der Waals surface area (Å²) < 4.78 is 0. The first-order valence-corrected chi connectivity index (χ1v) is 17.6. The summed E-state index contributed by atoms with van der Waals surface area (Å²) in [7, 11) is -1.85. The predicted octanol–water partition coefficient (Wildman–Crippen LogP) is 10.3. The van der Waals surface area contributed by atoms with Crippen molar-refractivity contribution >= 4 is 20.2 Å². The van der Waals surface area contributed by atoms with Crippen LogP contribution in [0.4, 0.5) is 0 Å². The van der Waals surface area contributed by atoms with Crippen molar-refractivity contribution in [1.82, 2.24) is 0 Å². The third-order valence-corrected chi connectivity index (χ3v) is 14.3. The Hall–Kier alpha value is -3.42. The molecule has 0 spiro atoms. The molecule has 0 saturated carbocycles. The largest absolute Gasteiger partial charge is 0.106 e. The fourth-order valence-electron chi connectivity index (χ4n) is 7.12. The highest BCUT2D eigenvalue weighted by Gasteiger charge is 2.39. The number of hydrogen-bond acceptors (Lipinski definition) is 0. The average molecular weight is 525 g/mol. The molecule has 0 atom stereocenters. The Morgan fingerprint density at radius 1 is 0.538 bits per heavy atom. The van der Waals surface area contributed by atoms with Gasteiger partial charge in [-0.25, -0.2) is 0 Å². The zero-order valence-electron chi connectivity index (χ0n) is 24.0. The smallest absolute Gasteiger partial charge is 0.0712 e. The summed E-state index contributed by atoms with van der Waals surface area (Å²) in [5, 5.41) is 3.44. The second-order valence-corrected chi connectivity index (χ2v) is 16.0. The SMILES string of the molecule is CCC[Si](C)(C1=Cc2c(cccc2-c2ccccc2CC)C1)C1=Cc2c(cccc2-c2ccccc2CC)C1. The predicted molar refractivity (Wildman–Crippen MR) is 173 cm³/mol. The standard InChI is InChI=1S/C38H40Si/c1-5-22-39(4,31-23-29-16-12-20-35(37(29)25-31)33-18-10-8-14-27(33)6-2)32-24-30-17-13-21-36(38(30)26-32)34-19-11-9-15-28(34)7-3/h8-21,25-26H,5-7,22-24H2,1-4H3. The first kappa shape index (κ1) is 25.8. The zero-order valence-corrected chi connectivity index (χ0v) is 25.0. The Kier molecular flexibility index (Phi) is 7.04. The molecule has 0 aliphatic heterocycles. The molecule has 0 fully saturated rings. The van der Waals surface area contributed by atoms with Crippen LogP contribution in [0.15, 0.2) is 95.3 Å². The van der Waals surface area contributed by atoms with E-state index in [0.717, 1.165) is 25.7 Å². The highest BCUT2D eigenvalue weighted by atomic mass is 28.3. The number of benzene rings is 4. The fourth-order valence-corrected chi connectivity index (χ4v) is 11.3. The maximum absolute atomic E-state index is 2.66. The minimum absolute atomic E-state index is 1.06. The van der Waals surface area contributed by atoms with Gasteiger partial charge in [0.1, 0.15) is 8.07 Å². The zero-order chi connectivity index (χ0) is 27.0. The lowest BCUT2D eigenvalue weighted by molar-refractivity contribution is 1.03. The minimum atomic E-state index is -1.85. The first-order chi connectivity index (χ1) is 19.1. The van der Waals surface area contributed by atoms with E-state index in [1.807, 2.05) is 0 Å². The maximum Gasteiger partial charge on any atom is 0.106 e. The molecular weight excluding hydrogens is 485 g/mol. The van der Waals surface area contributed by atoms with E-state index in [2.05, 4.69) is 124 Å². The van der Waals surface area contributed by atoms with Gasteiger partial charge in [-0.15, -0.1) is 0 Å². The van der Waals surface area contributed by atoms with Crippen LogP contribution in [0.1, 0.15) is 60.6 Å². The molecule has 0 bridgehead atoms. The van der Waals surface area contributed by atoms with Gasteiger partial charge in [0.05, 0.1) is 0 Å².